The number of aliphatic hydroxyl groups is 1. The van der Waals surface area contributed by atoms with Crippen molar-refractivity contribution in [3.8, 4) is 0 Å². The minimum absolute atomic E-state index is 0. The zero-order valence-corrected chi connectivity index (χ0v) is 13.3. The van der Waals surface area contributed by atoms with Crippen LogP contribution in [0.15, 0.2) is 24.3 Å². The molecule has 0 aliphatic carbocycles. The van der Waals surface area contributed by atoms with Gasteiger partial charge >= 0.3 is 114 Å². The van der Waals surface area contributed by atoms with Crippen molar-refractivity contribution < 1.29 is 57.5 Å². The molecule has 0 spiro atoms. The summed E-state index contributed by atoms with van der Waals surface area (Å²) in [5.41, 5.74) is 0.701. The van der Waals surface area contributed by atoms with E-state index in [2.05, 4.69) is 5.32 Å². The van der Waals surface area contributed by atoms with Gasteiger partial charge in [0.05, 0.1) is 0 Å². The molecule has 7 nitrogen and oxygen atoms in total. The van der Waals surface area contributed by atoms with Gasteiger partial charge in [0.25, 0.3) is 0 Å². The van der Waals surface area contributed by atoms with Crippen molar-refractivity contribution in [2.45, 2.75) is 0 Å². The van der Waals surface area contributed by atoms with Crippen molar-refractivity contribution in [1.82, 2.24) is 0 Å². The fourth-order valence-corrected chi connectivity index (χ4v) is 2.07. The van der Waals surface area contributed by atoms with Crippen molar-refractivity contribution in [2.24, 2.45) is 0 Å². The van der Waals surface area contributed by atoms with Crippen LogP contribution in [-0.2, 0) is 3.74 Å². The van der Waals surface area contributed by atoms with Gasteiger partial charge in [0, 0.05) is 0 Å². The normalized spacial score (nSPS) is 12.2. The molecule has 0 amide bonds. The van der Waals surface area contributed by atoms with Crippen LogP contribution < -0.4 is 43.3 Å². The van der Waals surface area contributed by atoms with Gasteiger partial charge in [0.1, 0.15) is 0 Å². The quantitative estimate of drug-likeness (QED) is 0.470. The second-order valence-corrected chi connectivity index (χ2v) is 5.98. The molecule has 0 bridgehead atoms. The van der Waals surface area contributed by atoms with Crippen LogP contribution in [0.2, 0.25) is 0 Å². The molecule has 0 heterocycles. The number of hydrogen-bond donors (Lipinski definition) is 3. The fraction of sp³-hybridized carbons (Fsp3) is 0.250. The SMILES string of the molecule is O.O.O=[As]([O-])(O)c1ccc(NCCO)cc1.[Na+]. The number of aliphatic hydroxyl groups excluding tert-OH is 1. The standard InChI is InChI=1S/C8H12AsNO4.Na.2H2O/c11-6-5-10-8-3-1-7(2-4-8)9(12,13)14;;;/h1-4,10-11H,5-6H2,(H2,12,13,14);;2*1H2/q;+1;;/p-1. The Balaban J connectivity index is -0.000000653. The van der Waals surface area contributed by atoms with Gasteiger partial charge in [0.2, 0.25) is 0 Å². The molecular weight excluding hydrogens is 304 g/mol. The maximum absolute atomic E-state index is 10.7. The summed E-state index contributed by atoms with van der Waals surface area (Å²) in [5.74, 6) is 0. The maximum Gasteiger partial charge on any atom is 1.00 e. The number of rotatable bonds is 4. The van der Waals surface area contributed by atoms with Crippen molar-refractivity contribution in [1.29, 1.82) is 0 Å². The Morgan fingerprint density at radius 1 is 1.24 bits per heavy atom. The largest absolute Gasteiger partial charge is 1.00 e. The molecule has 1 atom stereocenters. The average Bonchev–Trinajstić information content (AvgIpc) is 2.14. The molecule has 0 fully saturated rings. The van der Waals surface area contributed by atoms with Gasteiger partial charge < -0.3 is 11.0 Å². The third kappa shape index (κ3) is 7.99. The van der Waals surface area contributed by atoms with Gasteiger partial charge in [0.15, 0.2) is 0 Å². The van der Waals surface area contributed by atoms with E-state index in [1.807, 2.05) is 0 Å². The smallest absolute Gasteiger partial charge is 1.00 e. The van der Waals surface area contributed by atoms with Crippen molar-refractivity contribution in [3.05, 3.63) is 24.3 Å². The first kappa shape index (κ1) is 22.4. The Labute approximate surface area is 124 Å². The van der Waals surface area contributed by atoms with Crippen molar-refractivity contribution in [2.75, 3.05) is 18.5 Å². The minimum Gasteiger partial charge on any atom is 1.00 e. The molecule has 0 aromatic heterocycles. The Kier molecular flexibility index (Phi) is 13.3. The van der Waals surface area contributed by atoms with Gasteiger partial charge in [-0.1, -0.05) is 0 Å². The first-order chi connectivity index (χ1) is 6.54. The summed E-state index contributed by atoms with van der Waals surface area (Å²) in [6.07, 6.45) is 0. The van der Waals surface area contributed by atoms with E-state index in [1.54, 1.807) is 0 Å². The number of hydrogen-bond acceptors (Lipinski definition) is 4. The van der Waals surface area contributed by atoms with Gasteiger partial charge in [-0.2, -0.15) is 0 Å². The maximum atomic E-state index is 10.7. The first-order valence-corrected chi connectivity index (χ1v) is 7.34. The Bertz CT molecular complexity index is 340. The topological polar surface area (TPSA) is 156 Å². The predicted molar refractivity (Wildman–Crippen MR) is 57.5 cm³/mol. The first-order valence-electron chi connectivity index (χ1n) is 4.03. The molecule has 94 valence electrons. The third-order valence-corrected chi connectivity index (χ3v) is 3.63. The molecule has 9 heteroatoms. The van der Waals surface area contributed by atoms with Gasteiger partial charge in [-0.15, -0.1) is 0 Å². The van der Waals surface area contributed by atoms with Crippen LogP contribution >= 0.6 is 0 Å². The molecule has 1 rings (SSSR count). The van der Waals surface area contributed by atoms with E-state index >= 15 is 0 Å². The molecule has 0 aliphatic heterocycles. The van der Waals surface area contributed by atoms with E-state index in [0.717, 1.165) is 0 Å². The molecule has 0 aliphatic rings. The summed E-state index contributed by atoms with van der Waals surface area (Å²) >= 11 is -4.99. The Morgan fingerprint density at radius 3 is 2.06 bits per heavy atom. The van der Waals surface area contributed by atoms with E-state index < -0.39 is 14.2 Å². The molecule has 1 unspecified atom stereocenters. The van der Waals surface area contributed by atoms with E-state index in [0.29, 0.717) is 12.2 Å². The summed E-state index contributed by atoms with van der Waals surface area (Å²) in [6, 6.07) is 5.72. The fourth-order valence-electron chi connectivity index (χ4n) is 0.968. The molecule has 0 saturated carbocycles. The summed E-state index contributed by atoms with van der Waals surface area (Å²) in [5, 5.41) is 11.4. The molecule has 1 aromatic carbocycles. The van der Waals surface area contributed by atoms with Gasteiger partial charge in [-0.05, 0) is 0 Å². The van der Waals surface area contributed by atoms with Crippen molar-refractivity contribution >= 4 is 24.2 Å². The van der Waals surface area contributed by atoms with Gasteiger partial charge in [-0.25, -0.2) is 0 Å². The van der Waals surface area contributed by atoms with Gasteiger partial charge in [-0.3, -0.25) is 0 Å². The van der Waals surface area contributed by atoms with E-state index in [9.17, 15) is 7.84 Å². The molecule has 17 heavy (non-hydrogen) atoms. The summed E-state index contributed by atoms with van der Waals surface area (Å²) < 4.78 is 30.2. The zero-order chi connectivity index (χ0) is 10.6. The van der Waals surface area contributed by atoms with Crippen molar-refractivity contribution in [3.63, 3.8) is 0 Å². The Hall–Kier alpha value is 0.178. The molecule has 0 radical (unpaired) electrons. The van der Waals surface area contributed by atoms with E-state index in [-0.39, 0.29) is 51.5 Å². The Morgan fingerprint density at radius 2 is 1.71 bits per heavy atom. The van der Waals surface area contributed by atoms with Crippen LogP contribution in [0.5, 0.6) is 0 Å². The number of anilines is 1. The van der Waals surface area contributed by atoms with E-state index in [1.165, 1.54) is 24.3 Å². The van der Waals surface area contributed by atoms with Crippen LogP contribution in [0, 0.1) is 0 Å². The summed E-state index contributed by atoms with van der Waals surface area (Å²) in [6.45, 7) is 0.407. The van der Waals surface area contributed by atoms with Crippen LogP contribution in [0.4, 0.5) is 5.69 Å². The summed E-state index contributed by atoms with van der Waals surface area (Å²) in [4.78, 5) is 0. The third-order valence-electron chi connectivity index (χ3n) is 1.63. The van der Waals surface area contributed by atoms with Crippen LogP contribution in [0.3, 0.4) is 0 Å². The predicted octanol–water partition coefficient (Wildman–Crippen LogP) is -6.63. The number of nitrogens with one attached hydrogen (secondary N) is 1. The van der Waals surface area contributed by atoms with E-state index in [4.69, 9.17) is 9.20 Å². The van der Waals surface area contributed by atoms with Crippen LogP contribution in [-0.4, -0.2) is 47.5 Å². The monoisotopic (exact) mass is 319 g/mol. The second-order valence-electron chi connectivity index (χ2n) is 2.72. The molecular formula is C8H15AsNNaO6. The van der Waals surface area contributed by atoms with Crippen LogP contribution in [0.25, 0.3) is 0 Å². The summed E-state index contributed by atoms with van der Waals surface area (Å²) in [7, 11) is 0. The van der Waals surface area contributed by atoms with Crippen LogP contribution in [0.1, 0.15) is 0 Å². The second kappa shape index (κ2) is 10.1. The molecule has 7 N–H and O–H groups in total. The number of benzene rings is 1. The molecule has 0 saturated heterocycles. The minimum atomic E-state index is -4.99. The molecule has 1 aromatic rings. The average molecular weight is 319 g/mol. The zero-order valence-electron chi connectivity index (χ0n) is 9.38.